The second kappa shape index (κ2) is 17.3. The number of benzene rings is 3. The number of rotatable bonds is 15. The van der Waals surface area contributed by atoms with E-state index in [-0.39, 0.29) is 36.0 Å². The number of likely N-dealkylation sites (tertiary alicyclic amines) is 1. The fourth-order valence-electron chi connectivity index (χ4n) is 6.69. The van der Waals surface area contributed by atoms with Gasteiger partial charge in [0.15, 0.2) is 5.78 Å². The molecule has 0 aliphatic carbocycles. The van der Waals surface area contributed by atoms with Gasteiger partial charge in [0, 0.05) is 49.8 Å². The molecular weight excluding hydrogens is 614 g/mol. The van der Waals surface area contributed by atoms with Gasteiger partial charge in [0.2, 0.25) is 5.91 Å². The van der Waals surface area contributed by atoms with Crippen LogP contribution in [0.5, 0.6) is 5.75 Å². The lowest BCUT2D eigenvalue weighted by molar-refractivity contribution is -0.140. The first-order valence-corrected chi connectivity index (χ1v) is 17.0. The van der Waals surface area contributed by atoms with Crippen LogP contribution in [-0.2, 0) is 17.8 Å². The summed E-state index contributed by atoms with van der Waals surface area (Å²) in [7, 11) is 1.59. The third-order valence-corrected chi connectivity index (χ3v) is 9.04. The summed E-state index contributed by atoms with van der Waals surface area (Å²) in [6.07, 6.45) is 2.07. The van der Waals surface area contributed by atoms with Gasteiger partial charge < -0.3 is 19.6 Å². The maximum atomic E-state index is 14.2. The molecule has 1 saturated heterocycles. The Balaban J connectivity index is 1.62. The number of nitrogens with zero attached hydrogens (tertiary/aromatic N) is 2. The number of carbonyl (C=O) groups is 3. The van der Waals surface area contributed by atoms with Gasteiger partial charge in [-0.3, -0.25) is 14.4 Å². The third-order valence-electron chi connectivity index (χ3n) is 9.04. The van der Waals surface area contributed by atoms with E-state index in [2.05, 4.69) is 0 Å². The number of hydrogen-bond donors (Lipinski definition) is 1. The second-order valence-corrected chi connectivity index (χ2v) is 12.9. The molecule has 1 aliphatic rings. The number of amides is 2. The summed E-state index contributed by atoms with van der Waals surface area (Å²) in [6.45, 7) is 7.93. The Kier molecular flexibility index (Phi) is 13.3. The molecule has 3 aromatic carbocycles. The quantitative estimate of drug-likeness (QED) is 0.175. The Bertz CT molecular complexity index is 1530. The van der Waals surface area contributed by atoms with Crippen LogP contribution >= 0.6 is 0 Å². The van der Waals surface area contributed by atoms with E-state index in [1.165, 1.54) is 12.1 Å². The van der Waals surface area contributed by atoms with E-state index < -0.39 is 29.6 Å². The zero-order valence-corrected chi connectivity index (χ0v) is 28.5. The van der Waals surface area contributed by atoms with Crippen LogP contribution in [-0.4, -0.2) is 65.4 Å². The lowest BCUT2D eigenvalue weighted by atomic mass is 9.80. The Hall–Kier alpha value is -4.11. The van der Waals surface area contributed by atoms with E-state index in [1.54, 1.807) is 35.1 Å². The number of aliphatic hydroxyl groups is 1. The molecule has 1 aliphatic heterocycles. The van der Waals surface area contributed by atoms with Crippen LogP contribution in [0.4, 0.5) is 8.78 Å². The molecule has 1 heterocycles. The van der Waals surface area contributed by atoms with Gasteiger partial charge in [-0.1, -0.05) is 32.4 Å². The highest BCUT2D eigenvalue weighted by molar-refractivity contribution is 6.01. The minimum atomic E-state index is -1.25. The summed E-state index contributed by atoms with van der Waals surface area (Å²) in [6, 6.07) is 15.7. The molecule has 0 saturated carbocycles. The van der Waals surface area contributed by atoms with Gasteiger partial charge >= 0.3 is 0 Å². The zero-order valence-electron chi connectivity index (χ0n) is 28.5. The van der Waals surface area contributed by atoms with Crippen LogP contribution < -0.4 is 4.74 Å². The molecule has 0 bridgehead atoms. The smallest absolute Gasteiger partial charge is 0.253 e. The number of ether oxygens (including phenoxy) is 1. The molecule has 258 valence electrons. The van der Waals surface area contributed by atoms with Gasteiger partial charge in [-0.25, -0.2) is 8.78 Å². The van der Waals surface area contributed by atoms with Crippen molar-refractivity contribution in [3.8, 4) is 5.75 Å². The predicted octanol–water partition coefficient (Wildman–Crippen LogP) is 7.17. The third kappa shape index (κ3) is 9.72. The van der Waals surface area contributed by atoms with E-state index in [9.17, 15) is 28.3 Å². The summed E-state index contributed by atoms with van der Waals surface area (Å²) in [5.74, 6) is -3.10. The van der Waals surface area contributed by atoms with Crippen molar-refractivity contribution in [2.45, 2.75) is 78.4 Å². The van der Waals surface area contributed by atoms with Crippen LogP contribution in [0, 0.1) is 30.4 Å². The molecule has 7 nitrogen and oxygen atoms in total. The van der Waals surface area contributed by atoms with Gasteiger partial charge in [0.05, 0.1) is 19.1 Å². The Morgan fingerprint density at radius 2 is 1.58 bits per heavy atom. The van der Waals surface area contributed by atoms with Crippen molar-refractivity contribution in [3.05, 3.63) is 100 Å². The van der Waals surface area contributed by atoms with E-state index in [4.69, 9.17) is 4.74 Å². The molecule has 2 amide bonds. The van der Waals surface area contributed by atoms with Gasteiger partial charge in [-0.2, -0.15) is 0 Å². The number of ketones is 1. The van der Waals surface area contributed by atoms with Crippen LogP contribution in [0.3, 0.4) is 0 Å². The zero-order chi connectivity index (χ0) is 34.8. The SMILES string of the molecule is CCCN(CCC)C(=O)c1cc(C)cc(C(=O)C[C@@H](Cc2cc(F)cc(F)c2)C(O)C2CCCCN(Cc3ccc(OC)cc3)C2=O)c1. The van der Waals surface area contributed by atoms with Gasteiger partial charge in [-0.15, -0.1) is 0 Å². The number of halogens is 2. The lowest BCUT2D eigenvalue weighted by Crippen LogP contribution is -2.43. The number of hydrogen-bond acceptors (Lipinski definition) is 5. The van der Waals surface area contributed by atoms with Crippen molar-refractivity contribution in [2.24, 2.45) is 11.8 Å². The van der Waals surface area contributed by atoms with E-state index >= 15 is 0 Å². The summed E-state index contributed by atoms with van der Waals surface area (Å²) < 4.78 is 33.7. The lowest BCUT2D eigenvalue weighted by Gasteiger charge is -2.31. The van der Waals surface area contributed by atoms with Crippen molar-refractivity contribution in [2.75, 3.05) is 26.7 Å². The minimum Gasteiger partial charge on any atom is -0.497 e. The highest BCUT2D eigenvalue weighted by atomic mass is 19.1. The summed E-state index contributed by atoms with van der Waals surface area (Å²) >= 11 is 0. The monoisotopic (exact) mass is 662 g/mol. The van der Waals surface area contributed by atoms with Crippen LogP contribution in [0.25, 0.3) is 0 Å². The van der Waals surface area contributed by atoms with E-state index in [0.717, 1.165) is 36.5 Å². The van der Waals surface area contributed by atoms with Crippen LogP contribution in [0.15, 0.2) is 60.7 Å². The highest BCUT2D eigenvalue weighted by Gasteiger charge is 2.37. The molecule has 1 N–H and O–H groups in total. The van der Waals surface area contributed by atoms with Gasteiger partial charge in [-0.05, 0) is 104 Å². The number of aryl methyl sites for hydroxylation is 1. The maximum absolute atomic E-state index is 14.2. The first-order valence-electron chi connectivity index (χ1n) is 17.0. The molecule has 48 heavy (non-hydrogen) atoms. The second-order valence-electron chi connectivity index (χ2n) is 12.9. The Morgan fingerprint density at radius 3 is 2.21 bits per heavy atom. The molecule has 0 aromatic heterocycles. The molecular formula is C39H48F2N2O5. The van der Waals surface area contributed by atoms with Gasteiger partial charge in [0.25, 0.3) is 5.91 Å². The fourth-order valence-corrected chi connectivity index (χ4v) is 6.69. The van der Waals surface area contributed by atoms with Crippen LogP contribution in [0.1, 0.15) is 89.8 Å². The standard InChI is InChI=1S/C39H48F2N2O5/c1-5-14-42(15-6-2)38(46)31-18-26(3)17-29(22-31)36(44)23-30(19-28-20-32(40)24-33(41)21-28)37(45)35-9-7-8-16-43(39(35)47)25-27-10-12-34(48-4)13-11-27/h10-13,17-18,20-22,24,30,35,37,45H,5-9,14-16,19,23,25H2,1-4H3/t30-,35?,37?/m1/s1. The molecule has 0 radical (unpaired) electrons. The number of carbonyl (C=O) groups excluding carboxylic acids is 3. The summed E-state index contributed by atoms with van der Waals surface area (Å²) in [5, 5.41) is 11.9. The molecule has 2 unspecified atom stereocenters. The van der Waals surface area contributed by atoms with Crippen molar-refractivity contribution in [1.29, 1.82) is 0 Å². The first-order chi connectivity index (χ1) is 23.0. The molecule has 9 heteroatoms. The minimum absolute atomic E-state index is 0.0117. The number of Topliss-reactive ketones (excluding diaryl/α,β-unsaturated/α-hetero) is 1. The van der Waals surface area contributed by atoms with Crippen molar-refractivity contribution in [3.63, 3.8) is 0 Å². The van der Waals surface area contributed by atoms with Crippen molar-refractivity contribution >= 4 is 17.6 Å². The fraction of sp³-hybridized carbons (Fsp3) is 0.462. The largest absolute Gasteiger partial charge is 0.497 e. The van der Waals surface area contributed by atoms with Gasteiger partial charge in [0.1, 0.15) is 17.4 Å². The highest BCUT2D eigenvalue weighted by Crippen LogP contribution is 2.31. The molecule has 3 aromatic rings. The maximum Gasteiger partial charge on any atom is 0.253 e. The number of aliphatic hydroxyl groups excluding tert-OH is 1. The Morgan fingerprint density at radius 1 is 0.938 bits per heavy atom. The van der Waals surface area contributed by atoms with Crippen molar-refractivity contribution in [1.82, 2.24) is 9.80 Å². The molecule has 3 atom stereocenters. The normalized spacial score (nSPS) is 16.3. The molecule has 0 spiro atoms. The number of methoxy groups -OCH3 is 1. The van der Waals surface area contributed by atoms with E-state index in [1.807, 2.05) is 45.0 Å². The first kappa shape index (κ1) is 36.7. The average molecular weight is 663 g/mol. The van der Waals surface area contributed by atoms with Crippen LogP contribution in [0.2, 0.25) is 0 Å². The van der Waals surface area contributed by atoms with E-state index in [0.29, 0.717) is 55.9 Å². The average Bonchev–Trinajstić information content (AvgIpc) is 3.23. The Labute approximate surface area is 282 Å². The molecule has 1 fully saturated rings. The summed E-state index contributed by atoms with van der Waals surface area (Å²) in [4.78, 5) is 44.8. The summed E-state index contributed by atoms with van der Waals surface area (Å²) in [5.41, 5.74) is 2.69. The molecule has 4 rings (SSSR count). The van der Waals surface area contributed by atoms with Crippen molar-refractivity contribution < 1.29 is 33.0 Å². The topological polar surface area (TPSA) is 87.2 Å². The predicted molar refractivity (Wildman–Crippen MR) is 182 cm³/mol.